The zero-order chi connectivity index (χ0) is 19.0. The quantitative estimate of drug-likeness (QED) is 0.599. The number of benzene rings is 2. The van der Waals surface area contributed by atoms with Crippen molar-refractivity contribution in [1.29, 1.82) is 0 Å². The Morgan fingerprint density at radius 3 is 2.56 bits per heavy atom. The minimum Gasteiger partial charge on any atom is -0.366 e. The average molecular weight is 365 g/mol. The van der Waals surface area contributed by atoms with Gasteiger partial charge in [0.2, 0.25) is 0 Å². The van der Waals surface area contributed by atoms with E-state index in [0.717, 1.165) is 43.6 Å². The van der Waals surface area contributed by atoms with Crippen molar-refractivity contribution in [3.05, 3.63) is 63.7 Å². The maximum Gasteiger partial charge on any atom is 0.293 e. The van der Waals surface area contributed by atoms with E-state index in [1.54, 1.807) is 17.0 Å². The summed E-state index contributed by atoms with van der Waals surface area (Å²) in [4.78, 5) is 28.2. The van der Waals surface area contributed by atoms with Crippen molar-refractivity contribution in [2.45, 2.75) is 32.1 Å². The number of rotatable bonds is 3. The third-order valence-electron chi connectivity index (χ3n) is 5.66. The van der Waals surface area contributed by atoms with Gasteiger partial charge in [0.1, 0.15) is 5.69 Å². The van der Waals surface area contributed by atoms with Crippen LogP contribution in [0.3, 0.4) is 0 Å². The van der Waals surface area contributed by atoms with Crippen LogP contribution in [0.1, 0.15) is 48.0 Å². The minimum atomic E-state index is -0.378. The summed E-state index contributed by atoms with van der Waals surface area (Å²) in [5, 5.41) is 11.6. The summed E-state index contributed by atoms with van der Waals surface area (Å²) in [6, 6.07) is 12.8. The molecule has 2 heterocycles. The summed E-state index contributed by atoms with van der Waals surface area (Å²) >= 11 is 0. The third-order valence-corrected chi connectivity index (χ3v) is 5.66. The zero-order valence-corrected chi connectivity index (χ0v) is 15.4. The Labute approximate surface area is 158 Å². The smallest absolute Gasteiger partial charge is 0.293 e. The molecule has 0 radical (unpaired) electrons. The molecule has 1 amide bonds. The first-order valence-corrected chi connectivity index (χ1v) is 9.50. The number of nitro benzene ring substituents is 1. The van der Waals surface area contributed by atoms with Crippen molar-refractivity contribution in [2.75, 3.05) is 29.4 Å². The first-order valence-electron chi connectivity index (χ1n) is 9.50. The van der Waals surface area contributed by atoms with Gasteiger partial charge in [-0.15, -0.1) is 0 Å². The number of nitrogens with zero attached hydrogens (tertiary/aromatic N) is 3. The minimum absolute atomic E-state index is 0.0152. The highest BCUT2D eigenvalue weighted by molar-refractivity contribution is 6.07. The number of hydrogen-bond donors (Lipinski definition) is 0. The second-order valence-corrected chi connectivity index (χ2v) is 7.36. The largest absolute Gasteiger partial charge is 0.366 e. The number of anilines is 2. The predicted octanol–water partition coefficient (Wildman–Crippen LogP) is 4.35. The molecule has 4 rings (SSSR count). The van der Waals surface area contributed by atoms with E-state index in [1.165, 1.54) is 6.07 Å². The Bertz CT molecular complexity index is 890. The van der Waals surface area contributed by atoms with Crippen molar-refractivity contribution < 1.29 is 9.72 Å². The number of hydrogen-bond acceptors (Lipinski definition) is 4. The van der Waals surface area contributed by atoms with Crippen molar-refractivity contribution in [2.24, 2.45) is 0 Å². The monoisotopic (exact) mass is 365 g/mol. The molecule has 0 aliphatic carbocycles. The summed E-state index contributed by atoms with van der Waals surface area (Å²) in [5.41, 5.74) is 3.06. The molecule has 0 aromatic heterocycles. The maximum atomic E-state index is 13.2. The molecule has 6 heteroatoms. The summed E-state index contributed by atoms with van der Waals surface area (Å²) in [7, 11) is 0. The van der Waals surface area contributed by atoms with Gasteiger partial charge in [-0.25, -0.2) is 0 Å². The average Bonchev–Trinajstić information content (AvgIpc) is 3.22. The Morgan fingerprint density at radius 2 is 1.81 bits per heavy atom. The molecule has 6 nitrogen and oxygen atoms in total. The Hall–Kier alpha value is -2.89. The number of fused-ring (bicyclic) bond motifs is 1. The highest BCUT2D eigenvalue weighted by Crippen LogP contribution is 2.37. The SMILES string of the molecule is CC1CCN(C(=O)c2ccc(N3CCCC3)c([N+](=O)[O-])c2)c2ccccc21. The van der Waals surface area contributed by atoms with Gasteiger partial charge in [-0.05, 0) is 48.9 Å². The molecule has 0 N–H and O–H groups in total. The summed E-state index contributed by atoms with van der Waals surface area (Å²) in [6.45, 7) is 4.44. The third kappa shape index (κ3) is 3.16. The van der Waals surface area contributed by atoms with E-state index in [4.69, 9.17) is 0 Å². The van der Waals surface area contributed by atoms with E-state index >= 15 is 0 Å². The molecule has 0 bridgehead atoms. The van der Waals surface area contributed by atoms with E-state index in [0.29, 0.717) is 23.7 Å². The second-order valence-electron chi connectivity index (χ2n) is 7.36. The van der Waals surface area contributed by atoms with Crippen LogP contribution in [0.2, 0.25) is 0 Å². The van der Waals surface area contributed by atoms with Crippen LogP contribution in [0.5, 0.6) is 0 Å². The molecule has 0 spiro atoms. The van der Waals surface area contributed by atoms with Gasteiger partial charge in [-0.1, -0.05) is 25.1 Å². The molecule has 1 saturated heterocycles. The van der Waals surface area contributed by atoms with Crippen molar-refractivity contribution in [1.82, 2.24) is 0 Å². The molecule has 27 heavy (non-hydrogen) atoms. The van der Waals surface area contributed by atoms with Gasteiger partial charge in [-0.3, -0.25) is 14.9 Å². The van der Waals surface area contributed by atoms with Crippen LogP contribution in [0.4, 0.5) is 17.1 Å². The van der Waals surface area contributed by atoms with Crippen LogP contribution in [0.25, 0.3) is 0 Å². The Balaban J connectivity index is 1.69. The van der Waals surface area contributed by atoms with Gasteiger partial charge in [0.25, 0.3) is 11.6 Å². The second kappa shape index (κ2) is 7.02. The predicted molar refractivity (Wildman–Crippen MR) is 106 cm³/mol. The fraction of sp³-hybridized carbons (Fsp3) is 0.381. The summed E-state index contributed by atoms with van der Waals surface area (Å²) < 4.78 is 0. The van der Waals surface area contributed by atoms with Crippen LogP contribution < -0.4 is 9.80 Å². The molecule has 140 valence electrons. The van der Waals surface area contributed by atoms with E-state index in [9.17, 15) is 14.9 Å². The lowest BCUT2D eigenvalue weighted by Gasteiger charge is -2.33. The highest BCUT2D eigenvalue weighted by atomic mass is 16.6. The molecule has 2 aromatic rings. The topological polar surface area (TPSA) is 66.7 Å². The van der Waals surface area contributed by atoms with Crippen LogP contribution >= 0.6 is 0 Å². The van der Waals surface area contributed by atoms with Crippen LogP contribution in [0, 0.1) is 10.1 Å². The molecule has 1 fully saturated rings. The number of carbonyl (C=O) groups excluding carboxylic acids is 1. The standard InChI is InChI=1S/C21H23N3O3/c1-15-10-13-23(18-7-3-2-6-17(15)18)21(25)16-8-9-19(20(14-16)24(26)27)22-11-4-5-12-22/h2-3,6-9,14-15H,4-5,10-13H2,1H3. The fourth-order valence-electron chi connectivity index (χ4n) is 4.14. The summed E-state index contributed by atoms with van der Waals surface area (Å²) in [5.74, 6) is 0.225. The lowest BCUT2D eigenvalue weighted by atomic mass is 9.91. The van der Waals surface area contributed by atoms with Crippen molar-refractivity contribution >= 4 is 23.0 Å². The number of nitro groups is 1. The normalized spacial score (nSPS) is 19.1. The van der Waals surface area contributed by atoms with E-state index in [-0.39, 0.29) is 16.5 Å². The van der Waals surface area contributed by atoms with E-state index in [2.05, 4.69) is 13.0 Å². The molecule has 2 aromatic carbocycles. The van der Waals surface area contributed by atoms with Crippen LogP contribution in [-0.2, 0) is 0 Å². The van der Waals surface area contributed by atoms with Gasteiger partial charge in [-0.2, -0.15) is 0 Å². The van der Waals surface area contributed by atoms with Gasteiger partial charge in [0.15, 0.2) is 0 Å². The van der Waals surface area contributed by atoms with Crippen LogP contribution in [-0.4, -0.2) is 30.5 Å². The zero-order valence-electron chi connectivity index (χ0n) is 15.4. The molecule has 0 saturated carbocycles. The lowest BCUT2D eigenvalue weighted by Crippen LogP contribution is -2.36. The Morgan fingerprint density at radius 1 is 1.07 bits per heavy atom. The molecular formula is C21H23N3O3. The molecule has 2 aliphatic heterocycles. The van der Waals surface area contributed by atoms with Crippen molar-refractivity contribution in [3.63, 3.8) is 0 Å². The number of para-hydroxylation sites is 1. The number of amides is 1. The van der Waals surface area contributed by atoms with Crippen LogP contribution in [0.15, 0.2) is 42.5 Å². The van der Waals surface area contributed by atoms with Gasteiger partial charge in [0.05, 0.1) is 4.92 Å². The molecular weight excluding hydrogens is 342 g/mol. The fourth-order valence-corrected chi connectivity index (χ4v) is 4.14. The highest BCUT2D eigenvalue weighted by Gasteiger charge is 2.29. The first kappa shape index (κ1) is 17.5. The number of carbonyl (C=O) groups is 1. The van der Waals surface area contributed by atoms with E-state index < -0.39 is 0 Å². The molecule has 1 unspecified atom stereocenters. The summed E-state index contributed by atoms with van der Waals surface area (Å²) in [6.07, 6.45) is 2.97. The first-order chi connectivity index (χ1) is 13.1. The molecule has 1 atom stereocenters. The van der Waals surface area contributed by atoms with Gasteiger partial charge in [0, 0.05) is 37.0 Å². The maximum absolute atomic E-state index is 13.2. The van der Waals surface area contributed by atoms with Gasteiger partial charge >= 0.3 is 0 Å². The molecule has 2 aliphatic rings. The van der Waals surface area contributed by atoms with Crippen molar-refractivity contribution in [3.8, 4) is 0 Å². The van der Waals surface area contributed by atoms with Gasteiger partial charge < -0.3 is 9.80 Å². The lowest BCUT2D eigenvalue weighted by molar-refractivity contribution is -0.384. The van der Waals surface area contributed by atoms with E-state index in [1.807, 2.05) is 23.1 Å². The Kier molecular flexibility index (Phi) is 4.56.